The van der Waals surface area contributed by atoms with Gasteiger partial charge in [0.2, 0.25) is 5.91 Å². The van der Waals surface area contributed by atoms with Crippen molar-refractivity contribution in [3.05, 3.63) is 0 Å². The molecule has 0 aliphatic heterocycles. The van der Waals surface area contributed by atoms with Crippen LogP contribution in [0.3, 0.4) is 0 Å². The average molecular weight is 200 g/mol. The van der Waals surface area contributed by atoms with E-state index in [1.54, 1.807) is 6.92 Å². The van der Waals surface area contributed by atoms with Gasteiger partial charge in [-0.3, -0.25) is 9.59 Å². The highest BCUT2D eigenvalue weighted by atomic mass is 16.4. The maximum atomic E-state index is 11.5. The van der Waals surface area contributed by atoms with Crippen molar-refractivity contribution < 1.29 is 14.7 Å². The van der Waals surface area contributed by atoms with Gasteiger partial charge >= 0.3 is 5.97 Å². The maximum absolute atomic E-state index is 11.5. The summed E-state index contributed by atoms with van der Waals surface area (Å²) in [6.45, 7) is 1.87. The molecule has 3 N–H and O–H groups in total. The Morgan fingerprint density at radius 3 is 2.50 bits per heavy atom. The molecule has 1 aliphatic rings. The van der Waals surface area contributed by atoms with Crippen LogP contribution in [0.1, 0.15) is 19.8 Å². The fraction of sp³-hybridized carbons (Fsp3) is 0.778. The lowest BCUT2D eigenvalue weighted by atomic mass is 10.2. The topological polar surface area (TPSA) is 83.6 Å². The zero-order chi connectivity index (χ0) is 10.7. The van der Waals surface area contributed by atoms with Gasteiger partial charge in [0.05, 0.1) is 6.04 Å². The number of hydrogen-bond acceptors (Lipinski definition) is 3. The van der Waals surface area contributed by atoms with E-state index < -0.39 is 12.0 Å². The summed E-state index contributed by atoms with van der Waals surface area (Å²) >= 11 is 0. The van der Waals surface area contributed by atoms with E-state index in [-0.39, 0.29) is 12.5 Å². The van der Waals surface area contributed by atoms with Crippen molar-refractivity contribution >= 4 is 11.9 Å². The highest BCUT2D eigenvalue weighted by molar-refractivity contribution is 5.84. The van der Waals surface area contributed by atoms with Gasteiger partial charge in [0.1, 0.15) is 6.54 Å². The van der Waals surface area contributed by atoms with Crippen LogP contribution in [0.15, 0.2) is 0 Å². The van der Waals surface area contributed by atoms with Crippen LogP contribution in [0.5, 0.6) is 0 Å². The van der Waals surface area contributed by atoms with E-state index in [9.17, 15) is 9.59 Å². The van der Waals surface area contributed by atoms with Crippen LogP contribution in [0.4, 0.5) is 0 Å². The Labute approximate surface area is 82.9 Å². The molecule has 14 heavy (non-hydrogen) atoms. The molecule has 1 aliphatic carbocycles. The molecule has 80 valence electrons. The molecule has 1 atom stereocenters. The number of carbonyl (C=O) groups excluding carboxylic acids is 1. The molecular formula is C9H16N2O3. The third-order valence-electron chi connectivity index (χ3n) is 2.20. The molecular weight excluding hydrogens is 184 g/mol. The summed E-state index contributed by atoms with van der Waals surface area (Å²) < 4.78 is 0. The first-order valence-electron chi connectivity index (χ1n) is 4.77. The van der Waals surface area contributed by atoms with Gasteiger partial charge in [-0.05, 0) is 25.7 Å². The van der Waals surface area contributed by atoms with Crippen molar-refractivity contribution in [2.24, 2.45) is 11.7 Å². The highest BCUT2D eigenvalue weighted by Crippen LogP contribution is 2.29. The number of nitrogens with zero attached hydrogens (tertiary/aromatic N) is 1. The second-order valence-electron chi connectivity index (χ2n) is 3.84. The smallest absolute Gasteiger partial charge is 0.323 e. The molecule has 1 rings (SSSR count). The van der Waals surface area contributed by atoms with E-state index in [1.807, 2.05) is 0 Å². The number of carboxylic acids is 1. The monoisotopic (exact) mass is 200 g/mol. The number of rotatable bonds is 5. The van der Waals surface area contributed by atoms with Crippen LogP contribution in [-0.4, -0.2) is 41.0 Å². The van der Waals surface area contributed by atoms with Crippen LogP contribution in [0.25, 0.3) is 0 Å². The van der Waals surface area contributed by atoms with Crippen molar-refractivity contribution in [2.75, 3.05) is 13.1 Å². The molecule has 1 amide bonds. The van der Waals surface area contributed by atoms with Gasteiger partial charge in [0, 0.05) is 6.54 Å². The van der Waals surface area contributed by atoms with E-state index in [4.69, 9.17) is 10.8 Å². The Bertz CT molecular complexity index is 236. The van der Waals surface area contributed by atoms with Crippen LogP contribution in [-0.2, 0) is 9.59 Å². The first-order valence-corrected chi connectivity index (χ1v) is 4.77. The molecule has 0 aromatic heterocycles. The number of nitrogens with two attached hydrogens (primary N) is 1. The van der Waals surface area contributed by atoms with Crippen molar-refractivity contribution in [1.29, 1.82) is 0 Å². The van der Waals surface area contributed by atoms with Gasteiger partial charge < -0.3 is 15.7 Å². The van der Waals surface area contributed by atoms with Crippen LogP contribution in [0, 0.1) is 5.92 Å². The molecule has 0 radical (unpaired) electrons. The van der Waals surface area contributed by atoms with Crippen LogP contribution < -0.4 is 5.73 Å². The minimum absolute atomic E-state index is 0.239. The van der Waals surface area contributed by atoms with E-state index in [0.717, 1.165) is 12.8 Å². The third kappa shape index (κ3) is 3.33. The molecule has 0 aromatic rings. The van der Waals surface area contributed by atoms with Crippen molar-refractivity contribution in [3.63, 3.8) is 0 Å². The van der Waals surface area contributed by atoms with Crippen molar-refractivity contribution in [2.45, 2.75) is 25.8 Å². The first-order chi connectivity index (χ1) is 6.50. The van der Waals surface area contributed by atoms with Crippen molar-refractivity contribution in [1.82, 2.24) is 4.90 Å². The van der Waals surface area contributed by atoms with Crippen molar-refractivity contribution in [3.8, 4) is 0 Å². The lowest BCUT2D eigenvalue weighted by Crippen LogP contribution is -2.45. The van der Waals surface area contributed by atoms with Gasteiger partial charge in [-0.25, -0.2) is 0 Å². The van der Waals surface area contributed by atoms with E-state index in [0.29, 0.717) is 12.5 Å². The zero-order valence-electron chi connectivity index (χ0n) is 8.27. The average Bonchev–Trinajstić information content (AvgIpc) is 2.84. The molecule has 5 heteroatoms. The minimum Gasteiger partial charge on any atom is -0.480 e. The molecule has 0 bridgehead atoms. The normalized spacial score (nSPS) is 17.6. The lowest BCUT2D eigenvalue weighted by Gasteiger charge is -2.22. The Kier molecular flexibility index (Phi) is 3.46. The number of carbonyl (C=O) groups is 2. The maximum Gasteiger partial charge on any atom is 0.323 e. The fourth-order valence-electron chi connectivity index (χ4n) is 1.30. The van der Waals surface area contributed by atoms with E-state index in [2.05, 4.69) is 0 Å². The van der Waals surface area contributed by atoms with Gasteiger partial charge in [-0.15, -0.1) is 0 Å². The molecule has 1 saturated carbocycles. The summed E-state index contributed by atoms with van der Waals surface area (Å²) in [4.78, 5) is 23.3. The lowest BCUT2D eigenvalue weighted by molar-refractivity contribution is -0.145. The third-order valence-corrected chi connectivity index (χ3v) is 2.20. The van der Waals surface area contributed by atoms with Crippen LogP contribution >= 0.6 is 0 Å². The quantitative estimate of drug-likeness (QED) is 0.635. The Balaban J connectivity index is 2.49. The minimum atomic E-state index is -0.986. The molecule has 0 spiro atoms. The predicted octanol–water partition coefficient (Wildman–Crippen LogP) is -0.343. The molecule has 0 heterocycles. The highest BCUT2D eigenvalue weighted by Gasteiger charge is 2.28. The van der Waals surface area contributed by atoms with E-state index >= 15 is 0 Å². The first kappa shape index (κ1) is 11.0. The molecule has 0 saturated heterocycles. The standard InChI is InChI=1S/C9H16N2O3/c1-6(10)9(14)11(5-8(12)13)4-7-2-3-7/h6-7H,2-5,10H2,1H3,(H,12,13). The largest absolute Gasteiger partial charge is 0.480 e. The Hall–Kier alpha value is -1.10. The summed E-state index contributed by atoms with van der Waals surface area (Å²) in [5, 5.41) is 8.61. The second kappa shape index (κ2) is 4.41. The molecule has 1 unspecified atom stereocenters. The summed E-state index contributed by atoms with van der Waals surface area (Å²) in [5.74, 6) is -0.781. The summed E-state index contributed by atoms with van der Waals surface area (Å²) in [7, 11) is 0. The number of hydrogen-bond donors (Lipinski definition) is 2. The SMILES string of the molecule is CC(N)C(=O)N(CC(=O)O)CC1CC1. The Morgan fingerprint density at radius 1 is 1.57 bits per heavy atom. The summed E-state index contributed by atoms with van der Waals surface area (Å²) in [6.07, 6.45) is 2.17. The van der Waals surface area contributed by atoms with Crippen LogP contribution in [0.2, 0.25) is 0 Å². The van der Waals surface area contributed by atoms with Gasteiger partial charge in [0.15, 0.2) is 0 Å². The van der Waals surface area contributed by atoms with E-state index in [1.165, 1.54) is 4.90 Å². The second-order valence-corrected chi connectivity index (χ2v) is 3.84. The fourth-order valence-corrected chi connectivity index (χ4v) is 1.30. The Morgan fingerprint density at radius 2 is 2.14 bits per heavy atom. The number of amides is 1. The molecule has 0 aromatic carbocycles. The summed E-state index contributed by atoms with van der Waals surface area (Å²) in [5.41, 5.74) is 5.42. The van der Waals surface area contributed by atoms with Gasteiger partial charge in [-0.2, -0.15) is 0 Å². The van der Waals surface area contributed by atoms with Gasteiger partial charge in [0.25, 0.3) is 0 Å². The zero-order valence-corrected chi connectivity index (χ0v) is 8.27. The summed E-state index contributed by atoms with van der Waals surface area (Å²) in [6, 6.07) is -0.618. The molecule has 1 fully saturated rings. The van der Waals surface area contributed by atoms with Gasteiger partial charge in [-0.1, -0.05) is 0 Å². The predicted molar refractivity (Wildman–Crippen MR) is 50.6 cm³/mol. The molecule has 5 nitrogen and oxygen atoms in total. The number of aliphatic carboxylic acids is 1. The number of carboxylic acid groups (broad SMARTS) is 1.